The Kier molecular flexibility index (Phi) is 3.72. The van der Waals surface area contributed by atoms with Gasteiger partial charge in [-0.15, -0.1) is 0 Å². The summed E-state index contributed by atoms with van der Waals surface area (Å²) in [5, 5.41) is 1.99. The third-order valence-corrected chi connectivity index (χ3v) is 2.97. The van der Waals surface area contributed by atoms with Crippen LogP contribution in [0.4, 0.5) is 0 Å². The SMILES string of the molecule is CC.Cc1cn2cc(C)nc2c(-c2cnsc2)n1. The standard InChI is InChI=1S/C11H10N4S.C2H6/c1-7-4-15-5-8(2)14-11(15)10(13-7)9-3-12-16-6-9;1-2/h3-6H,1-2H3;1-2H3. The quantitative estimate of drug-likeness (QED) is 0.672. The maximum Gasteiger partial charge on any atom is 0.163 e. The fraction of sp³-hybridized carbons (Fsp3) is 0.308. The van der Waals surface area contributed by atoms with Crippen molar-refractivity contribution in [2.75, 3.05) is 0 Å². The highest BCUT2D eigenvalue weighted by Crippen LogP contribution is 2.23. The molecule has 0 aliphatic heterocycles. The predicted octanol–water partition coefficient (Wildman–Crippen LogP) is 3.50. The molecular weight excluding hydrogens is 244 g/mol. The number of fused-ring (bicyclic) bond motifs is 1. The van der Waals surface area contributed by atoms with Gasteiger partial charge in [0.25, 0.3) is 0 Å². The number of hydrogen-bond acceptors (Lipinski definition) is 4. The van der Waals surface area contributed by atoms with Gasteiger partial charge in [-0.1, -0.05) is 13.8 Å². The van der Waals surface area contributed by atoms with Crippen molar-refractivity contribution < 1.29 is 0 Å². The zero-order valence-electron chi connectivity index (χ0n) is 11.0. The van der Waals surface area contributed by atoms with Gasteiger partial charge in [0.1, 0.15) is 5.69 Å². The van der Waals surface area contributed by atoms with Crippen LogP contribution in [-0.2, 0) is 0 Å². The molecular formula is C13H16N4S. The predicted molar refractivity (Wildman–Crippen MR) is 74.9 cm³/mol. The largest absolute Gasteiger partial charge is 0.303 e. The Hall–Kier alpha value is -1.75. The Labute approximate surface area is 111 Å². The third kappa shape index (κ3) is 2.26. The summed E-state index contributed by atoms with van der Waals surface area (Å²) in [6.45, 7) is 7.97. The fourth-order valence-electron chi connectivity index (χ4n) is 1.76. The number of nitrogens with zero attached hydrogens (tertiary/aromatic N) is 4. The highest BCUT2D eigenvalue weighted by Gasteiger charge is 2.10. The molecule has 4 nitrogen and oxygen atoms in total. The summed E-state index contributed by atoms with van der Waals surface area (Å²) in [4.78, 5) is 9.03. The lowest BCUT2D eigenvalue weighted by Crippen LogP contribution is -1.94. The lowest BCUT2D eigenvalue weighted by atomic mass is 10.2. The van der Waals surface area contributed by atoms with Crippen LogP contribution in [0.3, 0.4) is 0 Å². The molecule has 0 saturated carbocycles. The topological polar surface area (TPSA) is 43.1 Å². The molecule has 3 aromatic rings. The van der Waals surface area contributed by atoms with E-state index >= 15 is 0 Å². The second kappa shape index (κ2) is 5.27. The van der Waals surface area contributed by atoms with E-state index in [0.29, 0.717) is 0 Å². The highest BCUT2D eigenvalue weighted by molar-refractivity contribution is 7.03. The van der Waals surface area contributed by atoms with Gasteiger partial charge >= 0.3 is 0 Å². The average molecular weight is 260 g/mol. The van der Waals surface area contributed by atoms with Crippen LogP contribution in [0.15, 0.2) is 24.0 Å². The van der Waals surface area contributed by atoms with Crippen LogP contribution in [0.5, 0.6) is 0 Å². The van der Waals surface area contributed by atoms with Crippen molar-refractivity contribution in [3.8, 4) is 11.3 Å². The van der Waals surface area contributed by atoms with Crippen LogP contribution >= 0.6 is 11.5 Å². The van der Waals surface area contributed by atoms with Gasteiger partial charge in [0, 0.05) is 23.3 Å². The van der Waals surface area contributed by atoms with Crippen LogP contribution in [-0.4, -0.2) is 18.7 Å². The molecule has 0 unspecified atom stereocenters. The number of aromatic nitrogens is 4. The summed E-state index contributed by atoms with van der Waals surface area (Å²) in [7, 11) is 0. The van der Waals surface area contributed by atoms with E-state index in [9.17, 15) is 0 Å². The van der Waals surface area contributed by atoms with Crippen LogP contribution in [0.25, 0.3) is 16.9 Å². The van der Waals surface area contributed by atoms with Crippen molar-refractivity contribution in [1.29, 1.82) is 0 Å². The summed E-state index contributed by atoms with van der Waals surface area (Å²) in [6, 6.07) is 0. The van der Waals surface area contributed by atoms with Crippen molar-refractivity contribution >= 4 is 17.2 Å². The molecule has 94 valence electrons. The maximum atomic E-state index is 4.54. The van der Waals surface area contributed by atoms with E-state index in [1.807, 2.05) is 56.1 Å². The Bertz CT molecular complexity index is 640. The normalized spacial score (nSPS) is 10.2. The van der Waals surface area contributed by atoms with Gasteiger partial charge in [-0.25, -0.2) is 14.3 Å². The van der Waals surface area contributed by atoms with Gasteiger partial charge in [0.05, 0.1) is 17.6 Å². The minimum Gasteiger partial charge on any atom is -0.303 e. The molecule has 0 fully saturated rings. The van der Waals surface area contributed by atoms with Gasteiger partial charge in [-0.2, -0.15) is 0 Å². The van der Waals surface area contributed by atoms with Gasteiger partial charge in [-0.05, 0) is 25.4 Å². The molecule has 3 rings (SSSR count). The Morgan fingerprint density at radius 1 is 1.06 bits per heavy atom. The lowest BCUT2D eigenvalue weighted by Gasteiger charge is -2.01. The first kappa shape index (κ1) is 12.7. The molecule has 0 atom stereocenters. The molecule has 3 heterocycles. The monoisotopic (exact) mass is 260 g/mol. The number of hydrogen-bond donors (Lipinski definition) is 0. The highest BCUT2D eigenvalue weighted by atomic mass is 32.1. The second-order valence-electron chi connectivity index (χ2n) is 3.76. The van der Waals surface area contributed by atoms with E-state index in [2.05, 4.69) is 14.3 Å². The minimum atomic E-state index is 0.892. The molecule has 18 heavy (non-hydrogen) atoms. The average Bonchev–Trinajstić information content (AvgIpc) is 2.98. The van der Waals surface area contributed by atoms with E-state index < -0.39 is 0 Å². The zero-order chi connectivity index (χ0) is 13.1. The van der Waals surface area contributed by atoms with Crippen LogP contribution in [0.2, 0.25) is 0 Å². The smallest absolute Gasteiger partial charge is 0.163 e. The molecule has 0 spiro atoms. The Morgan fingerprint density at radius 2 is 1.72 bits per heavy atom. The summed E-state index contributed by atoms with van der Waals surface area (Å²) in [5.41, 5.74) is 4.80. The second-order valence-corrected chi connectivity index (χ2v) is 4.41. The van der Waals surface area contributed by atoms with Crippen LogP contribution in [0.1, 0.15) is 25.2 Å². The van der Waals surface area contributed by atoms with Crippen molar-refractivity contribution in [2.24, 2.45) is 0 Å². The van der Waals surface area contributed by atoms with Gasteiger partial charge in [0.2, 0.25) is 0 Å². The van der Waals surface area contributed by atoms with Gasteiger partial charge in [-0.3, -0.25) is 0 Å². The molecule has 0 saturated heterocycles. The number of aryl methyl sites for hydroxylation is 2. The minimum absolute atomic E-state index is 0.892. The van der Waals surface area contributed by atoms with Gasteiger partial charge < -0.3 is 4.40 Å². The molecule has 0 N–H and O–H groups in total. The van der Waals surface area contributed by atoms with E-state index in [4.69, 9.17) is 0 Å². The third-order valence-electron chi connectivity index (χ3n) is 2.38. The molecule has 0 amide bonds. The van der Waals surface area contributed by atoms with E-state index in [-0.39, 0.29) is 0 Å². The number of rotatable bonds is 1. The first-order valence-electron chi connectivity index (χ1n) is 5.97. The zero-order valence-corrected chi connectivity index (χ0v) is 11.8. The molecule has 0 aromatic carbocycles. The summed E-state index contributed by atoms with van der Waals surface area (Å²) < 4.78 is 6.12. The molecule has 0 bridgehead atoms. The van der Waals surface area contributed by atoms with Crippen LogP contribution < -0.4 is 0 Å². The Balaban J connectivity index is 0.000000574. The molecule has 5 heteroatoms. The molecule has 3 aromatic heterocycles. The summed E-state index contributed by atoms with van der Waals surface area (Å²) >= 11 is 1.43. The van der Waals surface area contributed by atoms with E-state index in [1.54, 1.807) is 0 Å². The van der Waals surface area contributed by atoms with E-state index in [0.717, 1.165) is 28.3 Å². The molecule has 0 aliphatic carbocycles. The van der Waals surface area contributed by atoms with Crippen LogP contribution in [0, 0.1) is 13.8 Å². The first-order valence-corrected chi connectivity index (χ1v) is 6.80. The molecule has 0 aliphatic rings. The van der Waals surface area contributed by atoms with Crippen molar-refractivity contribution in [3.63, 3.8) is 0 Å². The first-order chi connectivity index (χ1) is 8.74. The maximum absolute atomic E-state index is 4.54. The van der Waals surface area contributed by atoms with Crippen molar-refractivity contribution in [1.82, 2.24) is 18.7 Å². The van der Waals surface area contributed by atoms with E-state index in [1.165, 1.54) is 11.5 Å². The van der Waals surface area contributed by atoms with Gasteiger partial charge in [0.15, 0.2) is 5.65 Å². The summed E-state index contributed by atoms with van der Waals surface area (Å²) in [6.07, 6.45) is 5.82. The Morgan fingerprint density at radius 3 is 2.33 bits per heavy atom. The van der Waals surface area contributed by atoms with Crippen molar-refractivity contribution in [3.05, 3.63) is 35.4 Å². The molecule has 0 radical (unpaired) electrons. The van der Waals surface area contributed by atoms with Crippen molar-refractivity contribution in [2.45, 2.75) is 27.7 Å². The summed E-state index contributed by atoms with van der Waals surface area (Å²) in [5.74, 6) is 0. The fourth-order valence-corrected chi connectivity index (χ4v) is 2.28. The lowest BCUT2D eigenvalue weighted by molar-refractivity contribution is 1.07. The number of imidazole rings is 1.